The predicted molar refractivity (Wildman–Crippen MR) is 90.5 cm³/mol. The second-order valence-corrected chi connectivity index (χ2v) is 6.14. The van der Waals surface area contributed by atoms with Gasteiger partial charge in [-0.25, -0.2) is 19.5 Å². The van der Waals surface area contributed by atoms with Crippen LogP contribution in [0.1, 0.15) is 6.42 Å². The lowest BCUT2D eigenvalue weighted by Crippen LogP contribution is -2.23. The number of aromatic nitrogens is 7. The minimum atomic E-state index is 0.428. The minimum absolute atomic E-state index is 0.428. The summed E-state index contributed by atoms with van der Waals surface area (Å²) in [6.45, 7) is 2.47. The van der Waals surface area contributed by atoms with Gasteiger partial charge in [0.15, 0.2) is 11.3 Å². The van der Waals surface area contributed by atoms with Crippen LogP contribution in [0.3, 0.4) is 0 Å². The van der Waals surface area contributed by atoms with Crippen LogP contribution in [-0.2, 0) is 0 Å². The molecule has 25 heavy (non-hydrogen) atoms. The number of fused-ring (bicyclic) bond motifs is 2. The lowest BCUT2D eigenvalue weighted by atomic mass is 10.1. The number of aromatic amines is 1. The largest absolute Gasteiger partial charge is 0.476 e. The standard InChI is InChI=1S/C16H16N8O/c1-2-14(22-24-6-4-17-13(1)24)25-9-11-3-5-23(8-11)16-12-7-20-21-15(12)18-10-19-16/h1-2,4,6-7,10-11H,3,5,8-9H2,(H,18,19,20,21). The summed E-state index contributed by atoms with van der Waals surface area (Å²) in [5, 5.41) is 12.3. The molecule has 0 aliphatic carbocycles. The van der Waals surface area contributed by atoms with Gasteiger partial charge in [-0.1, -0.05) is 0 Å². The normalized spacial score (nSPS) is 17.6. The van der Waals surface area contributed by atoms with Gasteiger partial charge in [0.1, 0.15) is 12.1 Å². The first-order valence-corrected chi connectivity index (χ1v) is 8.19. The maximum absolute atomic E-state index is 5.89. The van der Waals surface area contributed by atoms with Gasteiger partial charge in [-0.3, -0.25) is 5.10 Å². The van der Waals surface area contributed by atoms with E-state index in [0.717, 1.165) is 42.0 Å². The fraction of sp³-hybridized carbons (Fsp3) is 0.312. The van der Waals surface area contributed by atoms with Crippen molar-refractivity contribution in [1.82, 2.24) is 34.8 Å². The first-order valence-electron chi connectivity index (χ1n) is 8.19. The Balaban J connectivity index is 1.27. The number of anilines is 1. The van der Waals surface area contributed by atoms with Crippen LogP contribution in [0.5, 0.6) is 5.88 Å². The summed E-state index contributed by atoms with van der Waals surface area (Å²) in [7, 11) is 0. The third-order valence-electron chi connectivity index (χ3n) is 4.51. The molecule has 0 bridgehead atoms. The molecule has 5 heterocycles. The highest BCUT2D eigenvalue weighted by Crippen LogP contribution is 2.27. The van der Waals surface area contributed by atoms with Crippen LogP contribution in [0.25, 0.3) is 16.7 Å². The Morgan fingerprint density at radius 3 is 3.24 bits per heavy atom. The van der Waals surface area contributed by atoms with E-state index in [-0.39, 0.29) is 0 Å². The molecular formula is C16H16N8O. The Hall–Kier alpha value is -3.23. The van der Waals surface area contributed by atoms with Crippen LogP contribution in [0.2, 0.25) is 0 Å². The summed E-state index contributed by atoms with van der Waals surface area (Å²) in [4.78, 5) is 15.1. The van der Waals surface area contributed by atoms with Crippen LogP contribution in [-0.4, -0.2) is 54.5 Å². The zero-order valence-electron chi connectivity index (χ0n) is 13.4. The van der Waals surface area contributed by atoms with Crippen LogP contribution in [0, 0.1) is 5.92 Å². The molecule has 0 spiro atoms. The molecule has 0 saturated carbocycles. The van der Waals surface area contributed by atoms with E-state index >= 15 is 0 Å². The molecule has 1 aliphatic heterocycles. The molecule has 1 unspecified atom stereocenters. The lowest BCUT2D eigenvalue weighted by molar-refractivity contribution is 0.249. The number of hydrogen-bond acceptors (Lipinski definition) is 7. The molecular weight excluding hydrogens is 320 g/mol. The Kier molecular flexibility index (Phi) is 3.22. The van der Waals surface area contributed by atoms with Crippen molar-refractivity contribution in [1.29, 1.82) is 0 Å². The number of nitrogens with zero attached hydrogens (tertiary/aromatic N) is 7. The Bertz CT molecular complexity index is 1030. The third kappa shape index (κ3) is 2.53. The monoisotopic (exact) mass is 336 g/mol. The maximum Gasteiger partial charge on any atom is 0.231 e. The molecule has 0 amide bonds. The van der Waals surface area contributed by atoms with Gasteiger partial charge < -0.3 is 9.64 Å². The number of H-pyrrole nitrogens is 1. The minimum Gasteiger partial charge on any atom is -0.476 e. The average molecular weight is 336 g/mol. The van der Waals surface area contributed by atoms with Crippen LogP contribution >= 0.6 is 0 Å². The first kappa shape index (κ1) is 14.1. The molecule has 0 aromatic carbocycles. The lowest BCUT2D eigenvalue weighted by Gasteiger charge is -2.18. The third-order valence-corrected chi connectivity index (χ3v) is 4.51. The molecule has 1 atom stereocenters. The number of hydrogen-bond donors (Lipinski definition) is 1. The summed E-state index contributed by atoms with van der Waals surface area (Å²) in [6.07, 6.45) is 7.93. The number of imidazole rings is 1. The van der Waals surface area contributed by atoms with Crippen LogP contribution < -0.4 is 9.64 Å². The Morgan fingerprint density at radius 1 is 1.24 bits per heavy atom. The van der Waals surface area contributed by atoms with Crippen molar-refractivity contribution in [2.24, 2.45) is 5.92 Å². The second kappa shape index (κ2) is 5.69. The van der Waals surface area contributed by atoms with E-state index in [0.29, 0.717) is 18.4 Å². The molecule has 1 saturated heterocycles. The van der Waals surface area contributed by atoms with Crippen molar-refractivity contribution in [2.75, 3.05) is 24.6 Å². The number of nitrogens with one attached hydrogen (secondary N) is 1. The summed E-state index contributed by atoms with van der Waals surface area (Å²) in [6, 6.07) is 3.76. The van der Waals surface area contributed by atoms with Crippen molar-refractivity contribution in [3.63, 3.8) is 0 Å². The van der Waals surface area contributed by atoms with Crippen molar-refractivity contribution in [3.05, 3.63) is 37.1 Å². The fourth-order valence-corrected chi connectivity index (χ4v) is 3.24. The molecule has 126 valence electrons. The van der Waals surface area contributed by atoms with Crippen molar-refractivity contribution in [3.8, 4) is 5.88 Å². The average Bonchev–Trinajstić information content (AvgIpc) is 3.38. The van der Waals surface area contributed by atoms with Gasteiger partial charge in [0.25, 0.3) is 0 Å². The van der Waals surface area contributed by atoms with E-state index in [9.17, 15) is 0 Å². The van der Waals surface area contributed by atoms with Gasteiger partial charge in [-0.15, -0.1) is 5.10 Å². The molecule has 4 aromatic heterocycles. The summed E-state index contributed by atoms with van der Waals surface area (Å²) in [5.41, 5.74) is 1.58. The number of rotatable bonds is 4. The molecule has 4 aromatic rings. The van der Waals surface area contributed by atoms with Gasteiger partial charge in [-0.2, -0.15) is 5.10 Å². The number of ether oxygens (including phenoxy) is 1. The fourth-order valence-electron chi connectivity index (χ4n) is 3.24. The predicted octanol–water partition coefficient (Wildman–Crippen LogP) is 1.30. The van der Waals surface area contributed by atoms with Gasteiger partial charge in [-0.05, 0) is 12.5 Å². The molecule has 0 radical (unpaired) electrons. The van der Waals surface area contributed by atoms with E-state index in [1.165, 1.54) is 0 Å². The molecule has 9 heteroatoms. The molecule has 9 nitrogen and oxygen atoms in total. The first-order chi connectivity index (χ1) is 12.4. The molecule has 1 aliphatic rings. The highest BCUT2D eigenvalue weighted by Gasteiger charge is 2.26. The SMILES string of the molecule is c1nc(N2CCC(COc3ccc4nccn4n3)C2)c2cn[nH]c2n1. The highest BCUT2D eigenvalue weighted by molar-refractivity contribution is 5.86. The van der Waals surface area contributed by atoms with Crippen molar-refractivity contribution in [2.45, 2.75) is 6.42 Å². The van der Waals surface area contributed by atoms with Crippen molar-refractivity contribution < 1.29 is 4.74 Å². The van der Waals surface area contributed by atoms with E-state index < -0.39 is 0 Å². The quantitative estimate of drug-likeness (QED) is 0.600. The van der Waals surface area contributed by atoms with Crippen LogP contribution in [0.4, 0.5) is 5.82 Å². The van der Waals surface area contributed by atoms with E-state index in [4.69, 9.17) is 4.74 Å². The zero-order valence-corrected chi connectivity index (χ0v) is 13.4. The molecule has 1 N–H and O–H groups in total. The molecule has 5 rings (SSSR count). The molecule has 1 fully saturated rings. The van der Waals surface area contributed by atoms with E-state index in [1.807, 2.05) is 18.3 Å². The smallest absolute Gasteiger partial charge is 0.231 e. The maximum atomic E-state index is 5.89. The van der Waals surface area contributed by atoms with Gasteiger partial charge in [0.2, 0.25) is 5.88 Å². The summed E-state index contributed by atoms with van der Waals surface area (Å²) >= 11 is 0. The van der Waals surface area contributed by atoms with Gasteiger partial charge in [0, 0.05) is 37.5 Å². The van der Waals surface area contributed by atoms with Gasteiger partial charge in [0.05, 0.1) is 18.2 Å². The van der Waals surface area contributed by atoms with Crippen LogP contribution in [0.15, 0.2) is 37.1 Å². The summed E-state index contributed by atoms with van der Waals surface area (Å²) in [5.74, 6) is 1.97. The Labute approximate surface area is 142 Å². The van der Waals surface area contributed by atoms with Gasteiger partial charge >= 0.3 is 0 Å². The zero-order chi connectivity index (χ0) is 16.6. The second-order valence-electron chi connectivity index (χ2n) is 6.14. The van der Waals surface area contributed by atoms with Crippen molar-refractivity contribution >= 4 is 22.5 Å². The summed E-state index contributed by atoms with van der Waals surface area (Å²) < 4.78 is 7.60. The topological polar surface area (TPSA) is 97.1 Å². The van der Waals surface area contributed by atoms with E-state index in [1.54, 1.807) is 23.2 Å². The Morgan fingerprint density at radius 2 is 2.24 bits per heavy atom. The highest BCUT2D eigenvalue weighted by atomic mass is 16.5. The van der Waals surface area contributed by atoms with E-state index in [2.05, 4.69) is 35.1 Å².